The molecule has 0 atom stereocenters. The maximum Gasteiger partial charge on any atom is 0.390 e. The SMILES string of the molecule is Cn1nc(N(CC(=O)NCCC(F)(F)F)C(=O)Cc2ccccc2F)c2c1-c1cc(Cl)ccc1OC2. The second-order valence-corrected chi connectivity index (χ2v) is 8.60. The third-order valence-electron chi connectivity index (χ3n) is 5.58. The van der Waals surface area contributed by atoms with Crippen LogP contribution in [-0.2, 0) is 29.7 Å². The van der Waals surface area contributed by atoms with Gasteiger partial charge in [0.05, 0.1) is 24.1 Å². The van der Waals surface area contributed by atoms with Crippen LogP contribution in [0.1, 0.15) is 17.5 Å². The van der Waals surface area contributed by atoms with Crippen molar-refractivity contribution in [1.29, 1.82) is 0 Å². The fourth-order valence-electron chi connectivity index (χ4n) is 3.93. The Labute approximate surface area is 208 Å². The number of nitrogens with one attached hydrogen (secondary N) is 1. The van der Waals surface area contributed by atoms with Gasteiger partial charge < -0.3 is 10.1 Å². The summed E-state index contributed by atoms with van der Waals surface area (Å²) in [5.74, 6) is -1.44. The van der Waals surface area contributed by atoms with Gasteiger partial charge in [0.1, 0.15) is 24.7 Å². The number of carbonyl (C=O) groups excluding carboxylic acids is 2. The summed E-state index contributed by atoms with van der Waals surface area (Å²) in [5, 5.41) is 7.04. The van der Waals surface area contributed by atoms with Gasteiger partial charge in [0, 0.05) is 24.2 Å². The van der Waals surface area contributed by atoms with E-state index in [-0.39, 0.29) is 18.0 Å². The molecule has 0 fully saturated rings. The van der Waals surface area contributed by atoms with Gasteiger partial charge in [-0.25, -0.2) is 4.39 Å². The first-order valence-corrected chi connectivity index (χ1v) is 11.3. The monoisotopic (exact) mass is 524 g/mol. The number of rotatable bonds is 7. The number of ether oxygens (including phenoxy) is 1. The number of hydrogen-bond acceptors (Lipinski definition) is 4. The average molecular weight is 525 g/mol. The number of aromatic nitrogens is 2. The number of anilines is 1. The highest BCUT2D eigenvalue weighted by Crippen LogP contribution is 2.42. The van der Waals surface area contributed by atoms with Crippen LogP contribution in [0.5, 0.6) is 5.75 Å². The fourth-order valence-corrected chi connectivity index (χ4v) is 4.10. The number of halogens is 5. The van der Waals surface area contributed by atoms with E-state index < -0.39 is 49.7 Å². The molecule has 2 amide bonds. The van der Waals surface area contributed by atoms with E-state index in [9.17, 15) is 27.2 Å². The van der Waals surface area contributed by atoms with Crippen LogP contribution in [0.25, 0.3) is 11.3 Å². The second kappa shape index (κ2) is 10.2. The topological polar surface area (TPSA) is 76.5 Å². The quantitative estimate of drug-likeness (QED) is 0.464. The number of benzene rings is 2. The molecular weight excluding hydrogens is 504 g/mol. The predicted molar refractivity (Wildman–Crippen MR) is 124 cm³/mol. The zero-order chi connectivity index (χ0) is 26.0. The Morgan fingerprint density at radius 3 is 2.69 bits per heavy atom. The number of hydrogen-bond donors (Lipinski definition) is 1. The van der Waals surface area contributed by atoms with Crippen molar-refractivity contribution in [3.05, 3.63) is 64.4 Å². The van der Waals surface area contributed by atoms with E-state index in [1.54, 1.807) is 31.3 Å². The molecule has 1 aliphatic rings. The average Bonchev–Trinajstić information content (AvgIpc) is 3.14. The zero-order valence-corrected chi connectivity index (χ0v) is 19.8. The van der Waals surface area contributed by atoms with Crippen molar-refractivity contribution in [2.45, 2.75) is 25.6 Å². The van der Waals surface area contributed by atoms with E-state index >= 15 is 0 Å². The normalized spacial score (nSPS) is 12.4. The zero-order valence-electron chi connectivity index (χ0n) is 19.0. The van der Waals surface area contributed by atoms with Gasteiger partial charge in [0.2, 0.25) is 11.8 Å². The Hall–Kier alpha value is -3.60. The predicted octanol–water partition coefficient (Wildman–Crippen LogP) is 4.42. The summed E-state index contributed by atoms with van der Waals surface area (Å²) in [4.78, 5) is 26.9. The lowest BCUT2D eigenvalue weighted by Gasteiger charge is -2.24. The molecule has 0 aliphatic carbocycles. The van der Waals surface area contributed by atoms with Crippen molar-refractivity contribution in [1.82, 2.24) is 15.1 Å². The Kier molecular flexibility index (Phi) is 7.21. The first-order valence-electron chi connectivity index (χ1n) is 10.9. The number of aryl methyl sites for hydroxylation is 1. The highest BCUT2D eigenvalue weighted by Gasteiger charge is 2.32. The summed E-state index contributed by atoms with van der Waals surface area (Å²) < 4.78 is 59.0. The lowest BCUT2D eigenvalue weighted by Crippen LogP contribution is -2.43. The van der Waals surface area contributed by atoms with E-state index in [1.807, 2.05) is 0 Å². The standard InChI is InChI=1S/C24H21ClF4N4O3/c1-32-22-16-11-15(25)6-7-19(16)36-13-17(22)23(31-32)33(12-20(34)30-9-8-24(27,28)29)21(35)10-14-4-2-3-5-18(14)26/h2-7,11H,8-10,12-13H2,1H3,(H,30,34). The molecule has 1 aromatic heterocycles. The molecule has 0 saturated heterocycles. The van der Waals surface area contributed by atoms with E-state index in [1.165, 1.54) is 22.9 Å². The van der Waals surface area contributed by atoms with Gasteiger partial charge in [-0.1, -0.05) is 29.8 Å². The summed E-state index contributed by atoms with van der Waals surface area (Å²) in [5.41, 5.74) is 1.82. The van der Waals surface area contributed by atoms with E-state index in [4.69, 9.17) is 16.3 Å². The summed E-state index contributed by atoms with van der Waals surface area (Å²) in [7, 11) is 1.64. The summed E-state index contributed by atoms with van der Waals surface area (Å²) in [6.45, 7) is -1.24. The first kappa shape index (κ1) is 25.5. The van der Waals surface area contributed by atoms with Gasteiger partial charge in [0.25, 0.3) is 0 Å². The fraction of sp³-hybridized carbons (Fsp3) is 0.292. The molecule has 190 valence electrons. The van der Waals surface area contributed by atoms with Gasteiger partial charge in [0.15, 0.2) is 5.82 Å². The maximum atomic E-state index is 14.2. The molecule has 3 aromatic rings. The molecule has 1 aliphatic heterocycles. The van der Waals surface area contributed by atoms with Crippen molar-refractivity contribution in [3.8, 4) is 17.0 Å². The molecular formula is C24H21ClF4N4O3. The lowest BCUT2D eigenvalue weighted by atomic mass is 10.0. The van der Waals surface area contributed by atoms with Crippen molar-refractivity contribution in [2.75, 3.05) is 18.0 Å². The molecule has 2 heterocycles. The molecule has 4 rings (SSSR count). The molecule has 1 N–H and O–H groups in total. The van der Waals surface area contributed by atoms with Crippen molar-refractivity contribution >= 4 is 29.2 Å². The summed E-state index contributed by atoms with van der Waals surface area (Å²) in [6.07, 6.45) is -6.05. The minimum absolute atomic E-state index is 0.0201. The molecule has 7 nitrogen and oxygen atoms in total. The Morgan fingerprint density at radius 2 is 1.97 bits per heavy atom. The summed E-state index contributed by atoms with van der Waals surface area (Å²) >= 11 is 6.15. The van der Waals surface area contributed by atoms with Crippen molar-refractivity contribution < 1.29 is 31.9 Å². The third-order valence-corrected chi connectivity index (χ3v) is 5.82. The van der Waals surface area contributed by atoms with Crippen LogP contribution in [0.3, 0.4) is 0 Å². The highest BCUT2D eigenvalue weighted by molar-refractivity contribution is 6.31. The second-order valence-electron chi connectivity index (χ2n) is 8.17. The lowest BCUT2D eigenvalue weighted by molar-refractivity contribution is -0.135. The van der Waals surface area contributed by atoms with Gasteiger partial charge >= 0.3 is 6.18 Å². The van der Waals surface area contributed by atoms with Gasteiger partial charge in [-0.15, -0.1) is 0 Å². The number of fused-ring (bicyclic) bond motifs is 3. The van der Waals surface area contributed by atoms with Crippen molar-refractivity contribution in [3.63, 3.8) is 0 Å². The smallest absolute Gasteiger partial charge is 0.390 e. The van der Waals surface area contributed by atoms with E-state index in [2.05, 4.69) is 10.4 Å². The third kappa shape index (κ3) is 5.62. The molecule has 36 heavy (non-hydrogen) atoms. The Morgan fingerprint density at radius 1 is 1.22 bits per heavy atom. The molecule has 0 spiro atoms. The summed E-state index contributed by atoms with van der Waals surface area (Å²) in [6, 6.07) is 10.7. The van der Waals surface area contributed by atoms with Gasteiger partial charge in [-0.05, 0) is 29.8 Å². The maximum absolute atomic E-state index is 14.2. The van der Waals surface area contributed by atoms with E-state index in [0.717, 1.165) is 4.90 Å². The van der Waals surface area contributed by atoms with Crippen LogP contribution < -0.4 is 15.0 Å². The van der Waals surface area contributed by atoms with Crippen LogP contribution in [-0.4, -0.2) is 40.9 Å². The van der Waals surface area contributed by atoms with Crippen LogP contribution in [0.4, 0.5) is 23.4 Å². The Bertz CT molecular complexity index is 1310. The molecule has 0 unspecified atom stereocenters. The number of nitrogens with zero attached hydrogens (tertiary/aromatic N) is 3. The van der Waals surface area contributed by atoms with Crippen LogP contribution >= 0.6 is 11.6 Å². The van der Waals surface area contributed by atoms with Gasteiger partial charge in [-0.3, -0.25) is 19.2 Å². The molecule has 2 aromatic carbocycles. The van der Waals surface area contributed by atoms with Crippen LogP contribution in [0.15, 0.2) is 42.5 Å². The highest BCUT2D eigenvalue weighted by atomic mass is 35.5. The molecule has 0 saturated carbocycles. The first-order chi connectivity index (χ1) is 17.0. The minimum atomic E-state index is -4.44. The van der Waals surface area contributed by atoms with Crippen molar-refractivity contribution in [2.24, 2.45) is 7.05 Å². The van der Waals surface area contributed by atoms with Crippen LogP contribution in [0, 0.1) is 5.82 Å². The number of alkyl halides is 3. The number of amides is 2. The number of carbonyl (C=O) groups is 2. The largest absolute Gasteiger partial charge is 0.488 e. The van der Waals surface area contributed by atoms with Gasteiger partial charge in [-0.2, -0.15) is 18.3 Å². The van der Waals surface area contributed by atoms with Crippen LogP contribution in [0.2, 0.25) is 5.02 Å². The minimum Gasteiger partial charge on any atom is -0.488 e. The Balaban J connectivity index is 1.67. The molecule has 12 heteroatoms. The molecule has 0 bridgehead atoms. The van der Waals surface area contributed by atoms with E-state index in [0.29, 0.717) is 27.6 Å². The molecule has 0 radical (unpaired) electrons.